The minimum absolute atomic E-state index is 0.184. The molecule has 1 aliphatic heterocycles. The van der Waals surface area contributed by atoms with E-state index in [4.69, 9.17) is 4.74 Å². The summed E-state index contributed by atoms with van der Waals surface area (Å²) >= 11 is 1.91. The number of hydrogen-bond acceptors (Lipinski definition) is 4. The largest absolute Gasteiger partial charge is 0.444 e. The fraction of sp³-hybridized carbons (Fsp3) is 0.625. The molecule has 2 heterocycles. The van der Waals surface area contributed by atoms with Gasteiger partial charge in [-0.1, -0.05) is 0 Å². The molecule has 1 saturated heterocycles. The molecule has 116 valence electrons. The molecule has 1 atom stereocenters. The first kappa shape index (κ1) is 16.1. The van der Waals surface area contributed by atoms with Gasteiger partial charge in [-0.25, -0.2) is 4.79 Å². The lowest BCUT2D eigenvalue weighted by molar-refractivity contribution is 0.0220. The van der Waals surface area contributed by atoms with Crippen molar-refractivity contribution >= 4 is 17.9 Å². The summed E-state index contributed by atoms with van der Waals surface area (Å²) in [4.78, 5) is 18.0. The molecule has 1 amide bonds. The molecule has 1 unspecified atom stereocenters. The monoisotopic (exact) mass is 308 g/mol. The molecule has 0 bridgehead atoms. The first-order valence-corrected chi connectivity index (χ1v) is 8.47. The Morgan fingerprint density at radius 2 is 2.14 bits per heavy atom. The zero-order valence-corrected chi connectivity index (χ0v) is 13.9. The number of thioether (sulfide) groups is 1. The predicted molar refractivity (Wildman–Crippen MR) is 86.4 cm³/mol. The Morgan fingerprint density at radius 1 is 1.43 bits per heavy atom. The number of carbonyl (C=O) groups excluding carboxylic acids is 1. The maximum atomic E-state index is 12.1. The molecular formula is C16H24N2O2S. The molecule has 1 aromatic rings. The van der Waals surface area contributed by atoms with E-state index in [0.29, 0.717) is 5.25 Å². The van der Waals surface area contributed by atoms with Crippen LogP contribution in [0.25, 0.3) is 0 Å². The van der Waals surface area contributed by atoms with Gasteiger partial charge in [-0.2, -0.15) is 11.8 Å². The van der Waals surface area contributed by atoms with Crippen molar-refractivity contribution in [1.82, 2.24) is 9.88 Å². The summed E-state index contributed by atoms with van der Waals surface area (Å²) in [7, 11) is 0. The van der Waals surface area contributed by atoms with Gasteiger partial charge in [0.1, 0.15) is 5.60 Å². The van der Waals surface area contributed by atoms with Crippen molar-refractivity contribution in [1.29, 1.82) is 0 Å². The molecule has 4 nitrogen and oxygen atoms in total. The smallest absolute Gasteiger partial charge is 0.410 e. The predicted octanol–water partition coefficient (Wildman–Crippen LogP) is 3.71. The van der Waals surface area contributed by atoms with Gasteiger partial charge in [0.25, 0.3) is 0 Å². The lowest BCUT2D eigenvalue weighted by Crippen LogP contribution is -2.43. The fourth-order valence-corrected chi connectivity index (χ4v) is 3.50. The van der Waals surface area contributed by atoms with Crippen LogP contribution in [-0.4, -0.2) is 39.9 Å². The van der Waals surface area contributed by atoms with E-state index in [1.165, 1.54) is 5.56 Å². The normalized spacial score (nSPS) is 19.4. The van der Waals surface area contributed by atoms with Crippen molar-refractivity contribution in [3.63, 3.8) is 0 Å². The Morgan fingerprint density at radius 3 is 2.81 bits per heavy atom. The maximum absolute atomic E-state index is 12.1. The summed E-state index contributed by atoms with van der Waals surface area (Å²) in [6.45, 7) is 7.31. The summed E-state index contributed by atoms with van der Waals surface area (Å²) in [5, 5.41) is 0.486. The molecule has 0 spiro atoms. The number of likely N-dealkylation sites (tertiary alicyclic amines) is 1. The number of nitrogens with zero attached hydrogens (tertiary/aromatic N) is 2. The van der Waals surface area contributed by atoms with Crippen molar-refractivity contribution in [3.05, 3.63) is 30.1 Å². The van der Waals surface area contributed by atoms with Gasteiger partial charge in [-0.05, 0) is 51.3 Å². The van der Waals surface area contributed by atoms with Gasteiger partial charge in [0, 0.05) is 36.5 Å². The molecule has 0 aromatic carbocycles. The van der Waals surface area contributed by atoms with Crippen molar-refractivity contribution in [2.24, 2.45) is 0 Å². The molecule has 0 saturated carbocycles. The molecule has 1 aliphatic rings. The average molecular weight is 308 g/mol. The lowest BCUT2D eigenvalue weighted by atomic mass is 10.1. The second-order valence-electron chi connectivity index (χ2n) is 6.36. The van der Waals surface area contributed by atoms with Gasteiger partial charge >= 0.3 is 6.09 Å². The van der Waals surface area contributed by atoms with E-state index in [9.17, 15) is 4.79 Å². The van der Waals surface area contributed by atoms with E-state index in [1.54, 1.807) is 0 Å². The lowest BCUT2D eigenvalue weighted by Gasteiger charge is -2.33. The summed E-state index contributed by atoms with van der Waals surface area (Å²) in [5.41, 5.74) is 0.859. The Balaban J connectivity index is 1.82. The van der Waals surface area contributed by atoms with Crippen LogP contribution >= 0.6 is 11.8 Å². The van der Waals surface area contributed by atoms with E-state index in [-0.39, 0.29) is 6.09 Å². The third-order valence-electron chi connectivity index (χ3n) is 3.26. The van der Waals surface area contributed by atoms with Crippen LogP contribution in [0.1, 0.15) is 39.2 Å². The van der Waals surface area contributed by atoms with Crippen LogP contribution in [0.5, 0.6) is 0 Å². The highest BCUT2D eigenvalue weighted by atomic mass is 32.2. The molecule has 0 N–H and O–H groups in total. The second-order valence-corrected chi connectivity index (χ2v) is 7.65. The van der Waals surface area contributed by atoms with Crippen molar-refractivity contribution in [2.45, 2.75) is 50.2 Å². The van der Waals surface area contributed by atoms with Crippen LogP contribution in [0.2, 0.25) is 0 Å². The molecule has 21 heavy (non-hydrogen) atoms. The van der Waals surface area contributed by atoms with Crippen LogP contribution in [-0.2, 0) is 10.5 Å². The minimum Gasteiger partial charge on any atom is -0.444 e. The zero-order valence-electron chi connectivity index (χ0n) is 13.0. The van der Waals surface area contributed by atoms with Crippen LogP contribution in [0, 0.1) is 0 Å². The number of ether oxygens (including phenoxy) is 1. The highest BCUT2D eigenvalue weighted by Gasteiger charge is 2.27. The van der Waals surface area contributed by atoms with Gasteiger partial charge in [-0.3, -0.25) is 4.98 Å². The van der Waals surface area contributed by atoms with Crippen molar-refractivity contribution in [3.8, 4) is 0 Å². The number of piperidine rings is 1. The van der Waals surface area contributed by atoms with Crippen LogP contribution in [0.3, 0.4) is 0 Å². The van der Waals surface area contributed by atoms with Gasteiger partial charge in [-0.15, -0.1) is 0 Å². The van der Waals surface area contributed by atoms with E-state index < -0.39 is 5.60 Å². The SMILES string of the molecule is CC(C)(C)OC(=O)N1CCCC(SCc2ccncc2)C1. The number of rotatable bonds is 3. The Hall–Kier alpha value is -1.23. The molecule has 0 aliphatic carbocycles. The van der Waals surface area contributed by atoms with Gasteiger partial charge < -0.3 is 9.64 Å². The second kappa shape index (κ2) is 7.16. The fourth-order valence-electron chi connectivity index (χ4n) is 2.26. The summed E-state index contributed by atoms with van der Waals surface area (Å²) in [6.07, 6.45) is 5.67. The summed E-state index contributed by atoms with van der Waals surface area (Å²) in [5.74, 6) is 0.968. The van der Waals surface area contributed by atoms with Crippen LogP contribution < -0.4 is 0 Å². The molecule has 1 aromatic heterocycles. The number of carbonyl (C=O) groups is 1. The van der Waals surface area contributed by atoms with Crippen LogP contribution in [0.15, 0.2) is 24.5 Å². The third-order valence-corrected chi connectivity index (χ3v) is 4.62. The van der Waals surface area contributed by atoms with Crippen molar-refractivity contribution in [2.75, 3.05) is 13.1 Å². The number of aromatic nitrogens is 1. The van der Waals surface area contributed by atoms with Gasteiger partial charge in [0.05, 0.1) is 0 Å². The topological polar surface area (TPSA) is 42.4 Å². The molecular weight excluding hydrogens is 284 g/mol. The van der Waals surface area contributed by atoms with E-state index >= 15 is 0 Å². The van der Waals surface area contributed by atoms with Gasteiger partial charge in [0.15, 0.2) is 0 Å². The number of amides is 1. The molecule has 2 rings (SSSR count). The number of hydrogen-bond donors (Lipinski definition) is 0. The summed E-state index contributed by atoms with van der Waals surface area (Å²) in [6, 6.07) is 4.09. The first-order valence-electron chi connectivity index (χ1n) is 7.42. The Kier molecular flexibility index (Phi) is 5.51. The quantitative estimate of drug-likeness (QED) is 0.853. The van der Waals surface area contributed by atoms with E-state index in [1.807, 2.05) is 62.0 Å². The van der Waals surface area contributed by atoms with Gasteiger partial charge in [0.2, 0.25) is 0 Å². The first-order chi connectivity index (χ1) is 9.94. The average Bonchev–Trinajstić information content (AvgIpc) is 2.45. The van der Waals surface area contributed by atoms with Crippen LogP contribution in [0.4, 0.5) is 4.79 Å². The number of pyridine rings is 1. The molecule has 5 heteroatoms. The zero-order chi connectivity index (χ0) is 15.3. The maximum Gasteiger partial charge on any atom is 0.410 e. The highest BCUT2D eigenvalue weighted by molar-refractivity contribution is 7.99. The van der Waals surface area contributed by atoms with E-state index in [0.717, 1.165) is 31.7 Å². The summed E-state index contributed by atoms with van der Waals surface area (Å²) < 4.78 is 5.46. The Bertz CT molecular complexity index is 459. The standard InChI is InChI=1S/C16H24N2O2S/c1-16(2,3)20-15(19)18-10-4-5-14(11-18)21-12-13-6-8-17-9-7-13/h6-9,14H,4-5,10-12H2,1-3H3. The Labute approximate surface area is 131 Å². The highest BCUT2D eigenvalue weighted by Crippen LogP contribution is 2.26. The third kappa shape index (κ3) is 5.58. The van der Waals surface area contributed by atoms with Crippen molar-refractivity contribution < 1.29 is 9.53 Å². The molecule has 1 fully saturated rings. The van der Waals surface area contributed by atoms with E-state index in [2.05, 4.69) is 4.98 Å². The molecule has 0 radical (unpaired) electrons. The minimum atomic E-state index is -0.422.